The topological polar surface area (TPSA) is 84.9 Å². The van der Waals surface area contributed by atoms with Gasteiger partial charge in [-0.15, -0.1) is 0 Å². The predicted octanol–water partition coefficient (Wildman–Crippen LogP) is 2.52. The maximum absolute atomic E-state index is 13.0. The number of para-hydroxylation sites is 1. The third-order valence-electron chi connectivity index (χ3n) is 5.00. The second kappa shape index (κ2) is 9.59. The van der Waals surface area contributed by atoms with Gasteiger partial charge in [-0.25, -0.2) is 8.42 Å². The number of amides is 1. The van der Waals surface area contributed by atoms with E-state index in [1.54, 1.807) is 19.1 Å². The summed E-state index contributed by atoms with van der Waals surface area (Å²) in [5, 5.41) is 2.87. The lowest BCUT2D eigenvalue weighted by molar-refractivity contribution is 0.0730. The number of aryl methyl sites for hydroxylation is 2. The van der Waals surface area contributed by atoms with Gasteiger partial charge in [-0.05, 0) is 50.1 Å². The van der Waals surface area contributed by atoms with Crippen molar-refractivity contribution in [2.75, 3.05) is 32.9 Å². The van der Waals surface area contributed by atoms with E-state index in [1.165, 1.54) is 10.4 Å². The Morgan fingerprint density at radius 1 is 1.13 bits per heavy atom. The minimum absolute atomic E-state index is 0.154. The molecule has 3 rings (SSSR count). The number of rotatable bonds is 7. The Balaban J connectivity index is 1.69. The SMILES string of the molecule is Cc1ccccc1OCC(C)NC(=O)c1ccc(C)c(S(=O)(=O)N2CCOCC2)c1. The molecule has 0 aromatic heterocycles. The summed E-state index contributed by atoms with van der Waals surface area (Å²) in [7, 11) is -3.68. The van der Waals surface area contributed by atoms with E-state index in [0.717, 1.165) is 11.3 Å². The fourth-order valence-electron chi connectivity index (χ4n) is 3.23. The maximum atomic E-state index is 13.0. The molecule has 0 saturated carbocycles. The van der Waals surface area contributed by atoms with Crippen LogP contribution in [-0.2, 0) is 14.8 Å². The van der Waals surface area contributed by atoms with E-state index in [9.17, 15) is 13.2 Å². The first-order valence-electron chi connectivity index (χ1n) is 9.97. The molecule has 1 N–H and O–H groups in total. The molecule has 0 radical (unpaired) electrons. The summed E-state index contributed by atoms with van der Waals surface area (Å²) >= 11 is 0. The number of benzene rings is 2. The lowest BCUT2D eigenvalue weighted by Crippen LogP contribution is -2.41. The summed E-state index contributed by atoms with van der Waals surface area (Å²) in [6, 6.07) is 12.2. The molecule has 2 aromatic carbocycles. The molecule has 1 atom stereocenters. The smallest absolute Gasteiger partial charge is 0.251 e. The molecule has 0 bridgehead atoms. The molecule has 1 fully saturated rings. The monoisotopic (exact) mass is 432 g/mol. The second-order valence-electron chi connectivity index (χ2n) is 7.45. The number of hydrogen-bond donors (Lipinski definition) is 1. The zero-order valence-electron chi connectivity index (χ0n) is 17.6. The zero-order valence-corrected chi connectivity index (χ0v) is 18.4. The van der Waals surface area contributed by atoms with Crippen molar-refractivity contribution < 1.29 is 22.7 Å². The van der Waals surface area contributed by atoms with E-state index in [1.807, 2.05) is 38.1 Å². The van der Waals surface area contributed by atoms with Crippen LogP contribution in [0, 0.1) is 13.8 Å². The van der Waals surface area contributed by atoms with Crippen molar-refractivity contribution in [2.24, 2.45) is 0 Å². The molecule has 1 heterocycles. The van der Waals surface area contributed by atoms with Crippen LogP contribution in [0.3, 0.4) is 0 Å². The van der Waals surface area contributed by atoms with Crippen LogP contribution in [0.1, 0.15) is 28.4 Å². The van der Waals surface area contributed by atoms with E-state index < -0.39 is 10.0 Å². The van der Waals surface area contributed by atoms with E-state index in [4.69, 9.17) is 9.47 Å². The standard InChI is InChI=1S/C22H28N2O5S/c1-16-6-4-5-7-20(16)29-15-18(3)23-22(25)19-9-8-17(2)21(14-19)30(26,27)24-10-12-28-13-11-24/h4-9,14,18H,10-13,15H2,1-3H3,(H,23,25). The Bertz CT molecular complexity index is 1000. The molecule has 1 aliphatic heterocycles. The van der Waals surface area contributed by atoms with Gasteiger partial charge in [0.1, 0.15) is 12.4 Å². The van der Waals surface area contributed by atoms with Crippen molar-refractivity contribution >= 4 is 15.9 Å². The number of hydrogen-bond acceptors (Lipinski definition) is 5. The largest absolute Gasteiger partial charge is 0.491 e. The van der Waals surface area contributed by atoms with E-state index in [2.05, 4.69) is 5.32 Å². The first-order valence-corrected chi connectivity index (χ1v) is 11.4. The zero-order chi connectivity index (χ0) is 21.7. The van der Waals surface area contributed by atoms with Crippen molar-refractivity contribution in [1.29, 1.82) is 0 Å². The molecule has 1 unspecified atom stereocenters. The van der Waals surface area contributed by atoms with Crippen molar-refractivity contribution in [3.8, 4) is 5.75 Å². The number of carbonyl (C=O) groups is 1. The minimum Gasteiger partial charge on any atom is -0.491 e. The lowest BCUT2D eigenvalue weighted by Gasteiger charge is -2.26. The second-order valence-corrected chi connectivity index (χ2v) is 9.35. The molecule has 162 valence electrons. The molecule has 1 aliphatic rings. The van der Waals surface area contributed by atoms with Gasteiger partial charge in [0, 0.05) is 18.7 Å². The summed E-state index contributed by atoms with van der Waals surface area (Å²) in [5.74, 6) is 0.433. The highest BCUT2D eigenvalue weighted by Crippen LogP contribution is 2.22. The van der Waals surface area contributed by atoms with E-state index in [-0.39, 0.29) is 16.8 Å². The number of ether oxygens (including phenoxy) is 2. The van der Waals surface area contributed by atoms with Crippen molar-refractivity contribution in [3.63, 3.8) is 0 Å². The minimum atomic E-state index is -3.68. The summed E-state index contributed by atoms with van der Waals surface area (Å²) < 4.78 is 38.5. The Morgan fingerprint density at radius 2 is 1.83 bits per heavy atom. The summed E-state index contributed by atoms with van der Waals surface area (Å²) in [6.07, 6.45) is 0. The Kier molecular flexibility index (Phi) is 7.12. The number of morpholine rings is 1. The fourth-order valence-corrected chi connectivity index (χ4v) is 4.89. The predicted molar refractivity (Wildman–Crippen MR) is 114 cm³/mol. The quantitative estimate of drug-likeness (QED) is 0.727. The van der Waals surface area contributed by atoms with Crippen LogP contribution in [0.25, 0.3) is 0 Å². The highest BCUT2D eigenvalue weighted by molar-refractivity contribution is 7.89. The van der Waals surface area contributed by atoms with Gasteiger partial charge in [0.2, 0.25) is 10.0 Å². The molecule has 30 heavy (non-hydrogen) atoms. The fraction of sp³-hybridized carbons (Fsp3) is 0.409. The van der Waals surface area contributed by atoms with Crippen LogP contribution in [-0.4, -0.2) is 57.6 Å². The number of sulfonamides is 1. The number of nitrogens with zero attached hydrogens (tertiary/aromatic N) is 1. The third-order valence-corrected chi connectivity index (χ3v) is 7.04. The van der Waals surface area contributed by atoms with E-state index in [0.29, 0.717) is 44.0 Å². The molecule has 7 nitrogen and oxygen atoms in total. The number of nitrogens with one attached hydrogen (secondary N) is 1. The molecule has 1 amide bonds. The highest BCUT2D eigenvalue weighted by Gasteiger charge is 2.28. The Hall–Kier alpha value is -2.42. The molecular formula is C22H28N2O5S. The average Bonchev–Trinajstić information content (AvgIpc) is 2.74. The van der Waals surface area contributed by atoms with E-state index >= 15 is 0 Å². The van der Waals surface area contributed by atoms with Gasteiger partial charge >= 0.3 is 0 Å². The van der Waals surface area contributed by atoms with Crippen LogP contribution in [0.2, 0.25) is 0 Å². The maximum Gasteiger partial charge on any atom is 0.251 e. The Labute approximate surface area is 178 Å². The van der Waals surface area contributed by atoms with Crippen molar-refractivity contribution in [1.82, 2.24) is 9.62 Å². The molecule has 8 heteroatoms. The van der Waals surface area contributed by atoms with Crippen LogP contribution in [0.15, 0.2) is 47.4 Å². The molecular weight excluding hydrogens is 404 g/mol. The van der Waals surface area contributed by atoms with Crippen LogP contribution in [0.5, 0.6) is 5.75 Å². The van der Waals surface area contributed by atoms with Crippen molar-refractivity contribution in [3.05, 3.63) is 59.2 Å². The normalized spacial score (nSPS) is 16.1. The van der Waals surface area contributed by atoms with Gasteiger partial charge in [-0.3, -0.25) is 4.79 Å². The molecule has 0 spiro atoms. The Morgan fingerprint density at radius 3 is 2.53 bits per heavy atom. The highest BCUT2D eigenvalue weighted by atomic mass is 32.2. The van der Waals surface area contributed by atoms with Crippen molar-refractivity contribution in [2.45, 2.75) is 31.7 Å². The molecule has 0 aliphatic carbocycles. The van der Waals surface area contributed by atoms with Gasteiger partial charge in [-0.2, -0.15) is 4.31 Å². The number of carbonyl (C=O) groups excluding carboxylic acids is 1. The van der Waals surface area contributed by atoms with Crippen LogP contribution < -0.4 is 10.1 Å². The van der Waals surface area contributed by atoms with Crippen LogP contribution >= 0.6 is 0 Å². The van der Waals surface area contributed by atoms with Gasteiger partial charge in [0.05, 0.1) is 24.2 Å². The van der Waals surface area contributed by atoms with Crippen LogP contribution in [0.4, 0.5) is 0 Å². The summed E-state index contributed by atoms with van der Waals surface area (Å²) in [4.78, 5) is 12.9. The lowest BCUT2D eigenvalue weighted by atomic mass is 10.1. The summed E-state index contributed by atoms with van der Waals surface area (Å²) in [5.41, 5.74) is 1.93. The summed E-state index contributed by atoms with van der Waals surface area (Å²) in [6.45, 7) is 7.21. The van der Waals surface area contributed by atoms with Gasteiger partial charge in [0.25, 0.3) is 5.91 Å². The van der Waals surface area contributed by atoms with Gasteiger partial charge in [0.15, 0.2) is 0 Å². The third kappa shape index (κ3) is 5.19. The first-order chi connectivity index (χ1) is 14.3. The first kappa shape index (κ1) is 22.3. The average molecular weight is 433 g/mol. The van der Waals surface area contributed by atoms with Gasteiger partial charge < -0.3 is 14.8 Å². The van der Waals surface area contributed by atoms with Gasteiger partial charge in [-0.1, -0.05) is 24.3 Å². The molecule has 1 saturated heterocycles. The molecule has 2 aromatic rings.